The van der Waals surface area contributed by atoms with E-state index < -0.39 is 0 Å². The molecule has 0 radical (unpaired) electrons. The Morgan fingerprint density at radius 2 is 2.23 bits per heavy atom. The summed E-state index contributed by atoms with van der Waals surface area (Å²) in [4.78, 5) is 15.9. The third-order valence-corrected chi connectivity index (χ3v) is 3.42. The molecule has 0 aliphatic heterocycles. The Balaban J connectivity index is 1.79. The molecule has 22 heavy (non-hydrogen) atoms. The van der Waals surface area contributed by atoms with Gasteiger partial charge in [0, 0.05) is 18.4 Å². The third-order valence-electron chi connectivity index (χ3n) is 2.52. The summed E-state index contributed by atoms with van der Waals surface area (Å²) in [6.07, 6.45) is 1.62. The van der Waals surface area contributed by atoms with E-state index in [2.05, 4.69) is 31.0 Å². The summed E-state index contributed by atoms with van der Waals surface area (Å²) in [5.74, 6) is 1.37. The van der Waals surface area contributed by atoms with Crippen molar-refractivity contribution in [3.63, 3.8) is 0 Å². The van der Waals surface area contributed by atoms with Gasteiger partial charge in [-0.3, -0.25) is 0 Å². The summed E-state index contributed by atoms with van der Waals surface area (Å²) in [6.45, 7) is 0.481. The van der Waals surface area contributed by atoms with Crippen molar-refractivity contribution in [2.75, 3.05) is 31.8 Å². The van der Waals surface area contributed by atoms with Crippen LogP contribution in [0.2, 0.25) is 0 Å². The van der Waals surface area contributed by atoms with E-state index in [1.165, 1.54) is 26.0 Å². The van der Waals surface area contributed by atoms with Crippen molar-refractivity contribution in [3.8, 4) is 11.8 Å². The summed E-state index contributed by atoms with van der Waals surface area (Å²) in [5, 5.41) is 16.3. The van der Waals surface area contributed by atoms with Crippen LogP contribution in [0.25, 0.3) is 0 Å². The SMILES string of the molecule is COc1ccc(NC(=O)NCCSc2cn[nH]n2)c(OC)n1. The number of carbonyl (C=O) groups excluding carboxylic acids is 1. The molecule has 0 fully saturated rings. The molecule has 0 spiro atoms. The first-order valence-corrected chi connectivity index (χ1v) is 7.34. The number of carbonyl (C=O) groups is 1. The molecule has 0 saturated heterocycles. The fraction of sp³-hybridized carbons (Fsp3) is 0.333. The molecule has 0 bridgehead atoms. The lowest BCUT2D eigenvalue weighted by molar-refractivity contribution is 0.252. The number of aromatic amines is 1. The van der Waals surface area contributed by atoms with Gasteiger partial charge < -0.3 is 20.1 Å². The maximum Gasteiger partial charge on any atom is 0.319 e. The Hall–Kier alpha value is -2.49. The number of pyridine rings is 1. The molecule has 9 nitrogen and oxygen atoms in total. The van der Waals surface area contributed by atoms with Crippen molar-refractivity contribution in [3.05, 3.63) is 18.3 Å². The van der Waals surface area contributed by atoms with Crippen LogP contribution in [0.3, 0.4) is 0 Å². The van der Waals surface area contributed by atoms with Crippen molar-refractivity contribution >= 4 is 23.5 Å². The topological polar surface area (TPSA) is 114 Å². The quantitative estimate of drug-likeness (QED) is 0.516. The summed E-state index contributed by atoms with van der Waals surface area (Å²) >= 11 is 1.49. The number of methoxy groups -OCH3 is 2. The van der Waals surface area contributed by atoms with Gasteiger partial charge in [-0.05, 0) is 6.07 Å². The number of nitrogens with zero attached hydrogens (tertiary/aromatic N) is 3. The van der Waals surface area contributed by atoms with E-state index >= 15 is 0 Å². The second kappa shape index (κ2) is 8.08. The standard InChI is InChI=1S/C12H16N6O3S/c1-20-9-4-3-8(11(16-9)21-2)15-12(19)13-5-6-22-10-7-14-18-17-10/h3-4,7H,5-6H2,1-2H3,(H2,13,15,19)(H,14,17,18). The normalized spacial score (nSPS) is 10.1. The highest BCUT2D eigenvalue weighted by Crippen LogP contribution is 2.24. The molecule has 0 aromatic carbocycles. The maximum absolute atomic E-state index is 11.8. The van der Waals surface area contributed by atoms with Gasteiger partial charge in [0.25, 0.3) is 0 Å². The number of amides is 2. The summed E-state index contributed by atoms with van der Waals surface area (Å²) in [6, 6.07) is 2.96. The first-order chi connectivity index (χ1) is 10.7. The molecule has 2 aromatic heterocycles. The van der Waals surface area contributed by atoms with Crippen molar-refractivity contribution in [2.24, 2.45) is 0 Å². The number of urea groups is 1. The van der Waals surface area contributed by atoms with Crippen molar-refractivity contribution < 1.29 is 14.3 Å². The number of hydrogen-bond acceptors (Lipinski definition) is 7. The van der Waals surface area contributed by atoms with Crippen LogP contribution in [0.5, 0.6) is 11.8 Å². The Kier molecular flexibility index (Phi) is 5.83. The summed E-state index contributed by atoms with van der Waals surface area (Å²) in [7, 11) is 2.98. The second-order valence-electron chi connectivity index (χ2n) is 3.95. The molecule has 0 aliphatic rings. The van der Waals surface area contributed by atoms with Gasteiger partial charge >= 0.3 is 6.03 Å². The molecule has 0 atom stereocenters. The summed E-state index contributed by atoms with van der Waals surface area (Å²) < 4.78 is 10.1. The zero-order valence-electron chi connectivity index (χ0n) is 12.1. The lowest BCUT2D eigenvalue weighted by Gasteiger charge is -2.11. The highest BCUT2D eigenvalue weighted by molar-refractivity contribution is 7.99. The Bertz CT molecular complexity index is 607. The maximum atomic E-state index is 11.8. The number of ether oxygens (including phenoxy) is 2. The third kappa shape index (κ3) is 4.52. The van der Waals surface area contributed by atoms with Crippen LogP contribution in [-0.2, 0) is 0 Å². The minimum absolute atomic E-state index is 0.284. The molecule has 0 unspecified atom stereocenters. The first-order valence-electron chi connectivity index (χ1n) is 6.35. The number of anilines is 1. The Morgan fingerprint density at radius 3 is 2.91 bits per heavy atom. The van der Waals surface area contributed by atoms with E-state index in [9.17, 15) is 4.79 Å². The van der Waals surface area contributed by atoms with Gasteiger partial charge in [0.2, 0.25) is 11.8 Å². The van der Waals surface area contributed by atoms with Crippen molar-refractivity contribution in [1.29, 1.82) is 0 Å². The molecule has 2 aromatic rings. The molecule has 118 valence electrons. The van der Waals surface area contributed by atoms with Gasteiger partial charge in [0.15, 0.2) is 0 Å². The molecule has 0 aliphatic carbocycles. The average Bonchev–Trinajstić information content (AvgIpc) is 3.05. The van der Waals surface area contributed by atoms with Crippen LogP contribution < -0.4 is 20.1 Å². The smallest absolute Gasteiger partial charge is 0.319 e. The second-order valence-corrected chi connectivity index (χ2v) is 5.06. The van der Waals surface area contributed by atoms with Gasteiger partial charge in [-0.15, -0.1) is 16.9 Å². The fourth-order valence-electron chi connectivity index (χ4n) is 1.54. The summed E-state index contributed by atoms with van der Waals surface area (Å²) in [5.41, 5.74) is 0.463. The molecule has 0 saturated carbocycles. The van der Waals surface area contributed by atoms with Gasteiger partial charge in [-0.25, -0.2) is 4.79 Å². The van der Waals surface area contributed by atoms with Crippen LogP contribution >= 0.6 is 11.8 Å². The fourth-order valence-corrected chi connectivity index (χ4v) is 2.18. The van der Waals surface area contributed by atoms with E-state index in [1.807, 2.05) is 0 Å². The minimum atomic E-state index is -0.342. The van der Waals surface area contributed by atoms with Crippen LogP contribution in [0.4, 0.5) is 10.5 Å². The van der Waals surface area contributed by atoms with E-state index in [0.717, 1.165) is 5.03 Å². The van der Waals surface area contributed by atoms with Gasteiger partial charge in [-0.1, -0.05) is 0 Å². The lowest BCUT2D eigenvalue weighted by atomic mass is 10.4. The predicted molar refractivity (Wildman–Crippen MR) is 81.5 cm³/mol. The van der Waals surface area contributed by atoms with Crippen molar-refractivity contribution in [1.82, 2.24) is 25.7 Å². The van der Waals surface area contributed by atoms with Gasteiger partial charge in [0.1, 0.15) is 10.7 Å². The molecule has 2 amide bonds. The van der Waals surface area contributed by atoms with E-state index in [1.54, 1.807) is 18.3 Å². The van der Waals surface area contributed by atoms with Crippen LogP contribution in [-0.4, -0.2) is 52.9 Å². The highest BCUT2D eigenvalue weighted by atomic mass is 32.2. The number of hydrogen-bond donors (Lipinski definition) is 3. The molecule has 10 heteroatoms. The minimum Gasteiger partial charge on any atom is -0.481 e. The number of aromatic nitrogens is 4. The number of nitrogens with one attached hydrogen (secondary N) is 3. The van der Waals surface area contributed by atoms with Gasteiger partial charge in [0.05, 0.1) is 20.4 Å². The molecule has 2 rings (SSSR count). The van der Waals surface area contributed by atoms with E-state index in [-0.39, 0.29) is 11.9 Å². The average molecular weight is 324 g/mol. The molecule has 3 N–H and O–H groups in total. The Labute approximate surface area is 131 Å². The zero-order valence-corrected chi connectivity index (χ0v) is 12.9. The van der Waals surface area contributed by atoms with Crippen LogP contribution in [0.15, 0.2) is 23.4 Å². The predicted octanol–water partition coefficient (Wildman–Crippen LogP) is 1.13. The van der Waals surface area contributed by atoms with E-state index in [0.29, 0.717) is 23.9 Å². The Morgan fingerprint density at radius 1 is 1.36 bits per heavy atom. The zero-order chi connectivity index (χ0) is 15.8. The molecule has 2 heterocycles. The number of H-pyrrole nitrogens is 1. The largest absolute Gasteiger partial charge is 0.481 e. The first kappa shape index (κ1) is 15.9. The van der Waals surface area contributed by atoms with Crippen LogP contribution in [0, 0.1) is 0 Å². The number of thioether (sulfide) groups is 1. The van der Waals surface area contributed by atoms with E-state index in [4.69, 9.17) is 9.47 Å². The lowest BCUT2D eigenvalue weighted by Crippen LogP contribution is -2.30. The monoisotopic (exact) mass is 324 g/mol. The molecular weight excluding hydrogens is 308 g/mol. The van der Waals surface area contributed by atoms with Gasteiger partial charge in [-0.2, -0.15) is 15.3 Å². The van der Waals surface area contributed by atoms with Crippen molar-refractivity contribution in [2.45, 2.75) is 5.03 Å². The molecular formula is C12H16N6O3S. The highest BCUT2D eigenvalue weighted by Gasteiger charge is 2.10. The number of rotatable bonds is 7. The van der Waals surface area contributed by atoms with Crippen LogP contribution in [0.1, 0.15) is 0 Å².